The minimum Gasteiger partial charge on any atom is -0.497 e. The van der Waals surface area contributed by atoms with Crippen molar-refractivity contribution >= 4 is 11.6 Å². The van der Waals surface area contributed by atoms with Crippen molar-refractivity contribution in [2.24, 2.45) is 0 Å². The van der Waals surface area contributed by atoms with Crippen LogP contribution in [0.5, 0.6) is 5.75 Å². The first-order chi connectivity index (χ1) is 8.63. The third-order valence-electron chi connectivity index (χ3n) is 2.48. The maximum atomic E-state index is 12.3. The van der Waals surface area contributed by atoms with Gasteiger partial charge in [-0.3, -0.25) is 4.79 Å². The molecule has 0 aliphatic heterocycles. The number of nitrogens with two attached hydrogens (primary N) is 1. The van der Waals surface area contributed by atoms with E-state index in [1.165, 1.54) is 0 Å². The van der Waals surface area contributed by atoms with Crippen molar-refractivity contribution in [2.45, 2.75) is 0 Å². The van der Waals surface area contributed by atoms with E-state index in [2.05, 4.69) is 13.2 Å². The van der Waals surface area contributed by atoms with E-state index in [4.69, 9.17) is 10.5 Å². The molecular weight excluding hydrogens is 228 g/mol. The summed E-state index contributed by atoms with van der Waals surface area (Å²) in [6.45, 7) is 8.17. The number of benzene rings is 1. The van der Waals surface area contributed by atoms with Gasteiger partial charge in [0.15, 0.2) is 0 Å². The van der Waals surface area contributed by atoms with Gasteiger partial charge in [0.2, 0.25) is 0 Å². The Morgan fingerprint density at radius 2 is 2.00 bits per heavy atom. The summed E-state index contributed by atoms with van der Waals surface area (Å²) >= 11 is 0. The highest BCUT2D eigenvalue weighted by molar-refractivity contribution is 5.99. The van der Waals surface area contributed by atoms with Crippen LogP contribution >= 0.6 is 0 Å². The Bertz CT molecular complexity index is 445. The standard InChI is InChI=1S/C14H18N2O2/c1-4-8-16(9-5-2)14(17)12-7-6-11(18-3)10-13(12)15/h4-7,10H,1-2,8-9,15H2,3H3. The summed E-state index contributed by atoms with van der Waals surface area (Å²) in [4.78, 5) is 13.9. The second-order valence-corrected chi connectivity index (χ2v) is 3.74. The number of ether oxygens (including phenoxy) is 1. The number of hydrogen-bond acceptors (Lipinski definition) is 3. The first kappa shape index (κ1) is 13.8. The Morgan fingerprint density at radius 3 is 2.44 bits per heavy atom. The smallest absolute Gasteiger partial charge is 0.256 e. The molecule has 96 valence electrons. The van der Waals surface area contributed by atoms with Crippen LogP contribution in [0.1, 0.15) is 10.4 Å². The predicted octanol–water partition coefficient (Wildman–Crippen LogP) is 2.09. The molecule has 0 aliphatic rings. The number of hydrogen-bond donors (Lipinski definition) is 1. The lowest BCUT2D eigenvalue weighted by molar-refractivity contribution is 0.0792. The number of carbonyl (C=O) groups excluding carboxylic acids is 1. The van der Waals surface area contributed by atoms with Crippen LogP contribution in [0.4, 0.5) is 5.69 Å². The highest BCUT2D eigenvalue weighted by Gasteiger charge is 2.16. The highest BCUT2D eigenvalue weighted by atomic mass is 16.5. The Balaban J connectivity index is 3.00. The number of amides is 1. The monoisotopic (exact) mass is 246 g/mol. The zero-order chi connectivity index (χ0) is 13.5. The maximum Gasteiger partial charge on any atom is 0.256 e. The molecule has 1 rings (SSSR count). The lowest BCUT2D eigenvalue weighted by atomic mass is 10.1. The number of nitrogen functional groups attached to an aromatic ring is 1. The number of carbonyl (C=O) groups is 1. The summed E-state index contributed by atoms with van der Waals surface area (Å²) < 4.78 is 5.05. The van der Waals surface area contributed by atoms with Gasteiger partial charge >= 0.3 is 0 Å². The van der Waals surface area contributed by atoms with Crippen LogP contribution < -0.4 is 10.5 Å². The van der Waals surface area contributed by atoms with Crippen LogP contribution in [-0.4, -0.2) is 31.0 Å². The molecule has 4 heteroatoms. The summed E-state index contributed by atoms with van der Waals surface area (Å²) in [7, 11) is 1.55. The fraction of sp³-hybridized carbons (Fsp3) is 0.214. The molecular formula is C14H18N2O2. The van der Waals surface area contributed by atoms with Gasteiger partial charge in [-0.2, -0.15) is 0 Å². The Hall–Kier alpha value is -2.23. The van der Waals surface area contributed by atoms with Gasteiger partial charge in [0.25, 0.3) is 5.91 Å². The second kappa shape index (κ2) is 6.49. The zero-order valence-corrected chi connectivity index (χ0v) is 10.6. The van der Waals surface area contributed by atoms with Crippen LogP contribution in [-0.2, 0) is 0 Å². The average molecular weight is 246 g/mol. The van der Waals surface area contributed by atoms with Gasteiger partial charge in [-0.15, -0.1) is 13.2 Å². The molecule has 0 atom stereocenters. The molecule has 0 aliphatic carbocycles. The van der Waals surface area contributed by atoms with Gasteiger partial charge < -0.3 is 15.4 Å². The second-order valence-electron chi connectivity index (χ2n) is 3.74. The van der Waals surface area contributed by atoms with E-state index in [1.807, 2.05) is 0 Å². The van der Waals surface area contributed by atoms with Crippen molar-refractivity contribution in [3.8, 4) is 5.75 Å². The number of methoxy groups -OCH3 is 1. The number of nitrogens with zero attached hydrogens (tertiary/aromatic N) is 1. The number of anilines is 1. The van der Waals surface area contributed by atoms with Gasteiger partial charge in [0.05, 0.1) is 12.7 Å². The van der Waals surface area contributed by atoms with Crippen molar-refractivity contribution in [2.75, 3.05) is 25.9 Å². The van der Waals surface area contributed by atoms with Gasteiger partial charge in [-0.25, -0.2) is 0 Å². The topological polar surface area (TPSA) is 55.6 Å². The molecule has 0 heterocycles. The first-order valence-corrected chi connectivity index (χ1v) is 5.58. The third kappa shape index (κ3) is 3.13. The summed E-state index contributed by atoms with van der Waals surface area (Å²) in [5, 5.41) is 0. The third-order valence-corrected chi connectivity index (χ3v) is 2.48. The van der Waals surface area contributed by atoms with Crippen LogP contribution in [0.3, 0.4) is 0 Å². The van der Waals surface area contributed by atoms with Gasteiger partial charge in [-0.1, -0.05) is 12.2 Å². The summed E-state index contributed by atoms with van der Waals surface area (Å²) in [6, 6.07) is 5.01. The molecule has 0 unspecified atom stereocenters. The Morgan fingerprint density at radius 1 is 1.39 bits per heavy atom. The van der Waals surface area contributed by atoms with Crippen LogP contribution in [0.15, 0.2) is 43.5 Å². The van der Waals surface area contributed by atoms with Crippen molar-refractivity contribution in [3.63, 3.8) is 0 Å². The fourth-order valence-corrected chi connectivity index (χ4v) is 1.58. The van der Waals surface area contributed by atoms with Crippen molar-refractivity contribution in [1.29, 1.82) is 0 Å². The summed E-state index contributed by atoms with van der Waals surface area (Å²) in [6.07, 6.45) is 3.34. The van der Waals surface area contributed by atoms with Gasteiger partial charge in [0, 0.05) is 24.8 Å². The Labute approximate surface area is 107 Å². The van der Waals surface area contributed by atoms with E-state index in [-0.39, 0.29) is 5.91 Å². The zero-order valence-electron chi connectivity index (χ0n) is 10.6. The van der Waals surface area contributed by atoms with Gasteiger partial charge in [0.1, 0.15) is 5.75 Å². The van der Waals surface area contributed by atoms with E-state index < -0.39 is 0 Å². The molecule has 1 amide bonds. The Kier molecular flexibility index (Phi) is 4.99. The SMILES string of the molecule is C=CCN(CC=C)C(=O)c1ccc(OC)cc1N. The van der Waals surface area contributed by atoms with Gasteiger partial charge in [-0.05, 0) is 12.1 Å². The fourth-order valence-electron chi connectivity index (χ4n) is 1.58. The largest absolute Gasteiger partial charge is 0.497 e. The lowest BCUT2D eigenvalue weighted by Crippen LogP contribution is -2.31. The van der Waals surface area contributed by atoms with E-state index in [9.17, 15) is 4.79 Å². The molecule has 0 saturated heterocycles. The lowest BCUT2D eigenvalue weighted by Gasteiger charge is -2.20. The minimum atomic E-state index is -0.144. The molecule has 4 nitrogen and oxygen atoms in total. The molecule has 0 radical (unpaired) electrons. The normalized spacial score (nSPS) is 9.61. The molecule has 0 aromatic heterocycles. The minimum absolute atomic E-state index is 0.144. The summed E-state index contributed by atoms with van der Waals surface area (Å²) in [5.74, 6) is 0.484. The molecule has 0 saturated carbocycles. The van der Waals surface area contributed by atoms with E-state index in [1.54, 1.807) is 42.4 Å². The van der Waals surface area contributed by atoms with Crippen molar-refractivity contribution in [3.05, 3.63) is 49.1 Å². The average Bonchev–Trinajstić information content (AvgIpc) is 2.37. The predicted molar refractivity (Wildman–Crippen MR) is 73.7 cm³/mol. The molecule has 0 bridgehead atoms. The number of rotatable bonds is 6. The van der Waals surface area contributed by atoms with Crippen molar-refractivity contribution < 1.29 is 9.53 Å². The first-order valence-electron chi connectivity index (χ1n) is 5.58. The molecule has 1 aromatic rings. The van der Waals surface area contributed by atoms with E-state index in [0.29, 0.717) is 30.1 Å². The molecule has 0 fully saturated rings. The van der Waals surface area contributed by atoms with E-state index >= 15 is 0 Å². The maximum absolute atomic E-state index is 12.3. The molecule has 2 N–H and O–H groups in total. The highest BCUT2D eigenvalue weighted by Crippen LogP contribution is 2.21. The van der Waals surface area contributed by atoms with Crippen molar-refractivity contribution in [1.82, 2.24) is 4.90 Å². The van der Waals surface area contributed by atoms with Crippen LogP contribution in [0.25, 0.3) is 0 Å². The molecule has 18 heavy (non-hydrogen) atoms. The summed E-state index contributed by atoms with van der Waals surface area (Å²) in [5.41, 5.74) is 6.71. The molecule has 1 aromatic carbocycles. The van der Waals surface area contributed by atoms with Crippen LogP contribution in [0.2, 0.25) is 0 Å². The molecule has 0 spiro atoms. The van der Waals surface area contributed by atoms with Crippen LogP contribution in [0, 0.1) is 0 Å². The van der Waals surface area contributed by atoms with E-state index in [0.717, 1.165) is 0 Å². The quantitative estimate of drug-likeness (QED) is 0.617.